The maximum Gasteiger partial charge on any atom is 0.231 e. The molecule has 1 aliphatic carbocycles. The summed E-state index contributed by atoms with van der Waals surface area (Å²) in [5.41, 5.74) is 0.809. The summed E-state index contributed by atoms with van der Waals surface area (Å²) in [5.74, 6) is 0.202. The normalized spacial score (nSPS) is 17.0. The molecule has 1 aliphatic rings. The summed E-state index contributed by atoms with van der Waals surface area (Å²) in [5, 5.41) is 8.88. The predicted octanol–water partition coefficient (Wildman–Crippen LogP) is 3.30. The maximum atomic E-state index is 12.7. The number of hydrogen-bond donors (Lipinski definition) is 1. The standard InChI is InChI=1S/C16H20N2O2S/c19-15(17-9-3-5-13-11-18-20-12-13)16(7-1-2-8-16)14-6-4-10-21-14/h4,6,10-12H,1-3,5,7-9H2,(H,17,19). The number of nitrogens with zero attached hydrogens (tertiary/aromatic N) is 1. The highest BCUT2D eigenvalue weighted by Gasteiger charge is 2.43. The van der Waals surface area contributed by atoms with Gasteiger partial charge in [-0.2, -0.15) is 0 Å². The van der Waals surface area contributed by atoms with Crippen LogP contribution in [0.25, 0.3) is 0 Å². The molecule has 0 aliphatic heterocycles. The van der Waals surface area contributed by atoms with Crippen molar-refractivity contribution in [2.45, 2.75) is 43.9 Å². The van der Waals surface area contributed by atoms with E-state index in [9.17, 15) is 4.79 Å². The monoisotopic (exact) mass is 304 g/mol. The molecule has 1 amide bonds. The van der Waals surface area contributed by atoms with Gasteiger partial charge in [-0.05, 0) is 37.1 Å². The van der Waals surface area contributed by atoms with Gasteiger partial charge in [0, 0.05) is 17.0 Å². The Bertz CT molecular complexity index is 557. The molecule has 0 unspecified atom stereocenters. The SMILES string of the molecule is O=C(NCCCc1cnoc1)C1(c2cccs2)CCCC1. The van der Waals surface area contributed by atoms with E-state index in [1.807, 2.05) is 6.07 Å². The van der Waals surface area contributed by atoms with Crippen molar-refractivity contribution in [1.29, 1.82) is 0 Å². The van der Waals surface area contributed by atoms with E-state index in [0.29, 0.717) is 6.54 Å². The fourth-order valence-corrected chi connectivity index (χ4v) is 4.11. The van der Waals surface area contributed by atoms with Gasteiger partial charge >= 0.3 is 0 Å². The Morgan fingerprint density at radius 2 is 2.29 bits per heavy atom. The topological polar surface area (TPSA) is 55.1 Å². The lowest BCUT2D eigenvalue weighted by atomic mass is 9.83. The zero-order chi connectivity index (χ0) is 14.5. The second-order valence-electron chi connectivity index (χ2n) is 5.66. The van der Waals surface area contributed by atoms with Gasteiger partial charge in [0.1, 0.15) is 6.26 Å². The van der Waals surface area contributed by atoms with Crippen LogP contribution in [-0.2, 0) is 16.6 Å². The zero-order valence-corrected chi connectivity index (χ0v) is 12.8. The third kappa shape index (κ3) is 3.02. The van der Waals surface area contributed by atoms with Crippen LogP contribution in [0.3, 0.4) is 0 Å². The highest BCUT2D eigenvalue weighted by atomic mass is 32.1. The molecule has 0 aromatic carbocycles. The average molecular weight is 304 g/mol. The molecule has 0 spiro atoms. The van der Waals surface area contributed by atoms with E-state index in [1.54, 1.807) is 23.8 Å². The predicted molar refractivity (Wildman–Crippen MR) is 82.3 cm³/mol. The van der Waals surface area contributed by atoms with Gasteiger partial charge in [-0.1, -0.05) is 24.1 Å². The quantitative estimate of drug-likeness (QED) is 0.833. The second kappa shape index (κ2) is 6.43. The lowest BCUT2D eigenvalue weighted by Gasteiger charge is -2.26. The van der Waals surface area contributed by atoms with Crippen molar-refractivity contribution in [3.8, 4) is 0 Å². The van der Waals surface area contributed by atoms with Crippen molar-refractivity contribution in [1.82, 2.24) is 10.5 Å². The van der Waals surface area contributed by atoms with Crippen LogP contribution in [0, 0.1) is 0 Å². The van der Waals surface area contributed by atoms with Gasteiger partial charge in [0.15, 0.2) is 0 Å². The molecule has 1 N–H and O–H groups in total. The van der Waals surface area contributed by atoms with Gasteiger partial charge in [-0.15, -0.1) is 11.3 Å². The minimum atomic E-state index is -0.272. The summed E-state index contributed by atoms with van der Waals surface area (Å²) in [6.45, 7) is 0.705. The smallest absolute Gasteiger partial charge is 0.231 e. The lowest BCUT2D eigenvalue weighted by molar-refractivity contribution is -0.126. The number of thiophene rings is 1. The molecule has 0 saturated heterocycles. The Morgan fingerprint density at radius 1 is 1.43 bits per heavy atom. The fourth-order valence-electron chi connectivity index (χ4n) is 3.13. The van der Waals surface area contributed by atoms with Gasteiger partial charge in [-0.3, -0.25) is 4.79 Å². The highest BCUT2D eigenvalue weighted by Crippen LogP contribution is 2.43. The van der Waals surface area contributed by atoms with Gasteiger partial charge in [0.25, 0.3) is 0 Å². The van der Waals surface area contributed by atoms with Crippen molar-refractivity contribution in [2.24, 2.45) is 0 Å². The third-order valence-electron chi connectivity index (χ3n) is 4.30. The first-order chi connectivity index (χ1) is 10.3. The molecule has 2 heterocycles. The Morgan fingerprint density at radius 3 is 2.95 bits per heavy atom. The van der Waals surface area contributed by atoms with Crippen LogP contribution in [0.15, 0.2) is 34.5 Å². The van der Waals surface area contributed by atoms with Crippen molar-refractivity contribution in [2.75, 3.05) is 6.54 Å². The number of aromatic nitrogens is 1. The van der Waals surface area contributed by atoms with E-state index in [2.05, 4.69) is 21.9 Å². The Labute approximate surface area is 128 Å². The molecule has 2 aromatic heterocycles. The largest absolute Gasteiger partial charge is 0.364 e. The van der Waals surface area contributed by atoms with E-state index in [0.717, 1.165) is 44.1 Å². The van der Waals surface area contributed by atoms with E-state index < -0.39 is 0 Å². The molecular weight excluding hydrogens is 284 g/mol. The van der Waals surface area contributed by atoms with Crippen molar-refractivity contribution in [3.63, 3.8) is 0 Å². The molecule has 1 saturated carbocycles. The number of hydrogen-bond acceptors (Lipinski definition) is 4. The van der Waals surface area contributed by atoms with E-state index >= 15 is 0 Å². The first kappa shape index (κ1) is 14.3. The van der Waals surface area contributed by atoms with Crippen LogP contribution in [0.2, 0.25) is 0 Å². The second-order valence-corrected chi connectivity index (χ2v) is 6.61. The summed E-state index contributed by atoms with van der Waals surface area (Å²) in [6.07, 6.45) is 9.43. The van der Waals surface area contributed by atoms with Gasteiger partial charge < -0.3 is 9.84 Å². The number of rotatable bonds is 6. The summed E-state index contributed by atoms with van der Waals surface area (Å²) >= 11 is 1.70. The van der Waals surface area contributed by atoms with Crippen molar-refractivity contribution >= 4 is 17.2 Å². The first-order valence-corrected chi connectivity index (χ1v) is 8.40. The van der Waals surface area contributed by atoms with E-state index in [4.69, 9.17) is 4.52 Å². The molecule has 1 fully saturated rings. The highest BCUT2D eigenvalue weighted by molar-refractivity contribution is 7.10. The van der Waals surface area contributed by atoms with Crippen LogP contribution < -0.4 is 5.32 Å². The summed E-state index contributed by atoms with van der Waals surface area (Å²) in [4.78, 5) is 13.9. The summed E-state index contributed by atoms with van der Waals surface area (Å²) in [6, 6.07) is 4.14. The van der Waals surface area contributed by atoms with Gasteiger partial charge in [-0.25, -0.2) is 0 Å². The number of aryl methyl sites for hydroxylation is 1. The first-order valence-electron chi connectivity index (χ1n) is 7.52. The molecule has 3 rings (SSSR count). The molecule has 112 valence electrons. The lowest BCUT2D eigenvalue weighted by Crippen LogP contribution is -2.42. The summed E-state index contributed by atoms with van der Waals surface area (Å²) < 4.78 is 4.80. The minimum Gasteiger partial charge on any atom is -0.364 e. The molecule has 2 aromatic rings. The number of carbonyl (C=O) groups is 1. The number of amides is 1. The van der Waals surface area contributed by atoms with E-state index in [1.165, 1.54) is 4.88 Å². The Hall–Kier alpha value is -1.62. The molecule has 4 nitrogen and oxygen atoms in total. The molecule has 0 atom stereocenters. The van der Waals surface area contributed by atoms with Crippen LogP contribution in [0.4, 0.5) is 0 Å². The van der Waals surface area contributed by atoms with Gasteiger partial charge in [0.05, 0.1) is 11.6 Å². The van der Waals surface area contributed by atoms with Gasteiger partial charge in [0.2, 0.25) is 5.91 Å². The Kier molecular flexibility index (Phi) is 4.39. The molecule has 0 bridgehead atoms. The Balaban J connectivity index is 1.55. The van der Waals surface area contributed by atoms with Crippen LogP contribution in [-0.4, -0.2) is 17.6 Å². The van der Waals surface area contributed by atoms with Crippen molar-refractivity contribution in [3.05, 3.63) is 40.4 Å². The fraction of sp³-hybridized carbons (Fsp3) is 0.500. The van der Waals surface area contributed by atoms with Crippen molar-refractivity contribution < 1.29 is 9.32 Å². The van der Waals surface area contributed by atoms with Crippen LogP contribution in [0.5, 0.6) is 0 Å². The van der Waals surface area contributed by atoms with E-state index in [-0.39, 0.29) is 11.3 Å². The summed E-state index contributed by atoms with van der Waals surface area (Å²) in [7, 11) is 0. The number of nitrogens with one attached hydrogen (secondary N) is 1. The van der Waals surface area contributed by atoms with Crippen LogP contribution >= 0.6 is 11.3 Å². The maximum absolute atomic E-state index is 12.7. The number of carbonyl (C=O) groups excluding carboxylic acids is 1. The molecular formula is C16H20N2O2S. The zero-order valence-electron chi connectivity index (χ0n) is 12.0. The molecule has 0 radical (unpaired) electrons. The third-order valence-corrected chi connectivity index (χ3v) is 5.37. The van der Waals surface area contributed by atoms with Crippen LogP contribution in [0.1, 0.15) is 42.5 Å². The molecule has 21 heavy (non-hydrogen) atoms. The minimum absolute atomic E-state index is 0.202. The molecule has 5 heteroatoms. The average Bonchev–Trinajstić information content (AvgIpc) is 3.25.